The zero-order chi connectivity index (χ0) is 15.9. The second kappa shape index (κ2) is 8.12. The molecule has 1 N–H and O–H groups in total. The summed E-state index contributed by atoms with van der Waals surface area (Å²) < 4.78 is 10.1. The van der Waals surface area contributed by atoms with Crippen molar-refractivity contribution in [1.29, 1.82) is 0 Å². The summed E-state index contributed by atoms with van der Waals surface area (Å²) in [5.74, 6) is -2.26. The molecule has 0 unspecified atom stereocenters. The van der Waals surface area contributed by atoms with Crippen molar-refractivity contribution in [2.45, 2.75) is 52.0 Å². The minimum absolute atomic E-state index is 0.00554. The Morgan fingerprint density at radius 2 is 1.71 bits per heavy atom. The van der Waals surface area contributed by atoms with Crippen LogP contribution in [-0.4, -0.2) is 43.0 Å². The summed E-state index contributed by atoms with van der Waals surface area (Å²) >= 11 is 0. The van der Waals surface area contributed by atoms with Crippen LogP contribution in [0.15, 0.2) is 0 Å². The molecule has 1 fully saturated rings. The Kier molecular flexibility index (Phi) is 6.81. The van der Waals surface area contributed by atoms with Gasteiger partial charge in [-0.1, -0.05) is 26.2 Å². The van der Waals surface area contributed by atoms with Crippen molar-refractivity contribution in [3.8, 4) is 0 Å². The number of ketones is 1. The molecule has 1 saturated heterocycles. The van der Waals surface area contributed by atoms with Gasteiger partial charge in [0, 0.05) is 0 Å². The monoisotopic (exact) mass is 299 g/mol. The highest BCUT2D eigenvalue weighted by atomic mass is 16.6. The van der Waals surface area contributed by atoms with Crippen LogP contribution in [0.2, 0.25) is 0 Å². The minimum atomic E-state index is -1.67. The number of nitrogens with one attached hydrogen (secondary N) is 1. The van der Waals surface area contributed by atoms with Gasteiger partial charge in [-0.25, -0.2) is 9.59 Å². The van der Waals surface area contributed by atoms with Crippen LogP contribution in [0.1, 0.15) is 46.5 Å². The third-order valence-corrected chi connectivity index (χ3v) is 3.74. The molecule has 21 heavy (non-hydrogen) atoms. The van der Waals surface area contributed by atoms with Gasteiger partial charge in [0.05, 0.1) is 25.7 Å². The molecule has 1 aliphatic rings. The first kappa shape index (κ1) is 17.6. The van der Waals surface area contributed by atoms with E-state index >= 15 is 0 Å². The molecular formula is C15H25NO5. The van der Waals surface area contributed by atoms with Crippen molar-refractivity contribution in [2.75, 3.05) is 19.8 Å². The molecule has 0 amide bonds. The van der Waals surface area contributed by atoms with Gasteiger partial charge in [0.2, 0.25) is 5.54 Å². The highest BCUT2D eigenvalue weighted by Gasteiger charge is 2.60. The van der Waals surface area contributed by atoms with Crippen molar-refractivity contribution in [2.24, 2.45) is 5.92 Å². The molecule has 0 spiro atoms. The first-order chi connectivity index (χ1) is 10.0. The van der Waals surface area contributed by atoms with Crippen LogP contribution in [0, 0.1) is 5.92 Å². The third-order valence-electron chi connectivity index (χ3n) is 3.74. The van der Waals surface area contributed by atoms with Crippen LogP contribution < -0.4 is 5.32 Å². The Bertz CT molecular complexity index is 376. The number of ether oxygens (including phenoxy) is 2. The van der Waals surface area contributed by atoms with E-state index in [1.807, 2.05) is 0 Å². The predicted octanol–water partition coefficient (Wildman–Crippen LogP) is 1.22. The average Bonchev–Trinajstić information content (AvgIpc) is 2.78. The fourth-order valence-corrected chi connectivity index (χ4v) is 2.69. The number of Topliss-reactive ketones (excluding diaryl/α,β-unsaturated/α-hetero) is 1. The molecule has 0 saturated carbocycles. The predicted molar refractivity (Wildman–Crippen MR) is 76.6 cm³/mol. The molecule has 0 aromatic heterocycles. The van der Waals surface area contributed by atoms with Crippen molar-refractivity contribution in [3.63, 3.8) is 0 Å². The molecular weight excluding hydrogens is 274 g/mol. The van der Waals surface area contributed by atoms with Gasteiger partial charge in [0.1, 0.15) is 0 Å². The number of carbonyl (C=O) groups is 3. The minimum Gasteiger partial charge on any atom is -0.464 e. The lowest BCUT2D eigenvalue weighted by molar-refractivity contribution is -0.169. The highest BCUT2D eigenvalue weighted by molar-refractivity contribution is 6.12. The quantitative estimate of drug-likeness (QED) is 0.412. The lowest BCUT2D eigenvalue weighted by Crippen LogP contribution is -2.60. The van der Waals surface area contributed by atoms with E-state index in [1.165, 1.54) is 0 Å². The van der Waals surface area contributed by atoms with Gasteiger partial charge in [-0.05, 0) is 20.3 Å². The zero-order valence-electron chi connectivity index (χ0n) is 13.1. The van der Waals surface area contributed by atoms with Crippen LogP contribution in [0.4, 0.5) is 0 Å². The van der Waals surface area contributed by atoms with Gasteiger partial charge < -0.3 is 9.47 Å². The van der Waals surface area contributed by atoms with Crippen LogP contribution in [0.25, 0.3) is 0 Å². The zero-order valence-corrected chi connectivity index (χ0v) is 13.1. The smallest absolute Gasteiger partial charge is 0.338 e. The Morgan fingerprint density at radius 1 is 1.14 bits per heavy atom. The second-order valence-electron chi connectivity index (χ2n) is 5.12. The molecule has 0 radical (unpaired) electrons. The van der Waals surface area contributed by atoms with Crippen molar-refractivity contribution >= 4 is 17.7 Å². The molecule has 0 aliphatic carbocycles. The number of unbranched alkanes of at least 4 members (excludes halogenated alkanes) is 2. The van der Waals surface area contributed by atoms with Gasteiger partial charge in [0.25, 0.3) is 0 Å². The summed E-state index contributed by atoms with van der Waals surface area (Å²) in [7, 11) is 0. The molecule has 6 nitrogen and oxygen atoms in total. The number of carbonyl (C=O) groups excluding carboxylic acids is 3. The second-order valence-corrected chi connectivity index (χ2v) is 5.12. The van der Waals surface area contributed by atoms with Crippen LogP contribution in [0.3, 0.4) is 0 Å². The molecule has 1 atom stereocenters. The van der Waals surface area contributed by atoms with E-state index in [0.717, 1.165) is 19.3 Å². The first-order valence-corrected chi connectivity index (χ1v) is 7.66. The topological polar surface area (TPSA) is 81.7 Å². The van der Waals surface area contributed by atoms with Crippen molar-refractivity contribution in [1.82, 2.24) is 5.32 Å². The average molecular weight is 299 g/mol. The lowest BCUT2D eigenvalue weighted by atomic mass is 9.81. The first-order valence-electron chi connectivity index (χ1n) is 7.66. The fraction of sp³-hybridized carbons (Fsp3) is 0.800. The molecule has 1 rings (SSSR count). The number of hydrogen-bond donors (Lipinski definition) is 1. The maximum Gasteiger partial charge on any atom is 0.338 e. The molecule has 0 bridgehead atoms. The van der Waals surface area contributed by atoms with E-state index < -0.39 is 23.4 Å². The molecule has 0 aromatic rings. The SMILES string of the molecule is CCCCC[C@@H]1C(=O)CNC1(C(=O)OCC)C(=O)OCC. The summed E-state index contributed by atoms with van der Waals surface area (Å²) in [5, 5.41) is 2.77. The van der Waals surface area contributed by atoms with Gasteiger partial charge in [-0.2, -0.15) is 0 Å². The number of esters is 2. The molecule has 6 heteroatoms. The maximum absolute atomic E-state index is 12.3. The normalized spacial score (nSPS) is 20.3. The Balaban J connectivity index is 3.04. The van der Waals surface area contributed by atoms with Gasteiger partial charge in [-0.15, -0.1) is 0 Å². The van der Waals surface area contributed by atoms with Gasteiger partial charge in [-0.3, -0.25) is 10.1 Å². The molecule has 1 heterocycles. The van der Waals surface area contributed by atoms with E-state index in [-0.39, 0.29) is 25.5 Å². The van der Waals surface area contributed by atoms with E-state index in [4.69, 9.17) is 9.47 Å². The lowest BCUT2D eigenvalue weighted by Gasteiger charge is -2.29. The molecule has 0 aromatic carbocycles. The van der Waals surface area contributed by atoms with Crippen LogP contribution >= 0.6 is 0 Å². The Hall–Kier alpha value is -1.43. The maximum atomic E-state index is 12.3. The summed E-state index contributed by atoms with van der Waals surface area (Å²) in [4.78, 5) is 36.8. The van der Waals surface area contributed by atoms with E-state index in [2.05, 4.69) is 12.2 Å². The van der Waals surface area contributed by atoms with Crippen LogP contribution in [0.5, 0.6) is 0 Å². The number of rotatable bonds is 8. The summed E-state index contributed by atoms with van der Waals surface area (Å²) in [6.45, 7) is 5.68. The van der Waals surface area contributed by atoms with E-state index in [1.54, 1.807) is 13.8 Å². The fourth-order valence-electron chi connectivity index (χ4n) is 2.69. The van der Waals surface area contributed by atoms with E-state index in [9.17, 15) is 14.4 Å². The largest absolute Gasteiger partial charge is 0.464 e. The third kappa shape index (κ3) is 3.61. The Morgan fingerprint density at radius 3 is 2.19 bits per heavy atom. The summed E-state index contributed by atoms with van der Waals surface area (Å²) in [6.07, 6.45) is 3.22. The highest BCUT2D eigenvalue weighted by Crippen LogP contribution is 2.32. The van der Waals surface area contributed by atoms with E-state index in [0.29, 0.717) is 6.42 Å². The van der Waals surface area contributed by atoms with Gasteiger partial charge in [0.15, 0.2) is 5.78 Å². The van der Waals surface area contributed by atoms with Crippen molar-refractivity contribution in [3.05, 3.63) is 0 Å². The molecule has 120 valence electrons. The van der Waals surface area contributed by atoms with Gasteiger partial charge >= 0.3 is 11.9 Å². The number of hydrogen-bond acceptors (Lipinski definition) is 6. The molecule has 1 aliphatic heterocycles. The Labute approximate surface area is 125 Å². The van der Waals surface area contributed by atoms with Crippen LogP contribution in [-0.2, 0) is 23.9 Å². The summed E-state index contributed by atoms with van der Waals surface area (Å²) in [6, 6.07) is 0. The summed E-state index contributed by atoms with van der Waals surface area (Å²) in [5.41, 5.74) is -1.67. The standard InChI is InChI=1S/C15H25NO5/c1-4-7-8-9-11-12(17)10-16-15(11,13(18)20-5-2)14(19)21-6-3/h11,16H,4-10H2,1-3H3/t11-/m1/s1. The van der Waals surface area contributed by atoms with Crippen molar-refractivity contribution < 1.29 is 23.9 Å².